The molecule has 0 saturated carbocycles. The summed E-state index contributed by atoms with van der Waals surface area (Å²) >= 11 is 0. The number of rotatable bonds is 0. The van der Waals surface area contributed by atoms with Gasteiger partial charge in [0, 0.05) is 26.6 Å². The number of carbonyl (C=O) groups excluding carboxylic acids is 1. The Labute approximate surface area is 71.6 Å². The number of fused-ring (bicyclic) bond motifs is 1. The summed E-state index contributed by atoms with van der Waals surface area (Å²) in [4.78, 5) is 11.6. The zero-order valence-corrected chi connectivity index (χ0v) is 7.42. The van der Waals surface area contributed by atoms with E-state index in [2.05, 4.69) is 10.4 Å². The monoisotopic (exact) mass is 167 g/mol. The third-order valence-corrected chi connectivity index (χ3v) is 2.69. The third-order valence-electron chi connectivity index (χ3n) is 2.69. The average Bonchev–Trinajstić information content (AvgIpc) is 2.28. The normalized spacial score (nSPS) is 35.0. The molecule has 4 heteroatoms. The second kappa shape index (κ2) is 2.29. The summed E-state index contributed by atoms with van der Waals surface area (Å²) in [6.07, 6.45) is 0.895. The molecule has 0 aliphatic carbocycles. The molecule has 0 radical (unpaired) electrons. The maximum atomic E-state index is 11.6. The van der Waals surface area contributed by atoms with Crippen LogP contribution in [0.1, 0.15) is 13.3 Å². The fourth-order valence-corrected chi connectivity index (χ4v) is 1.87. The Hall–Kier alpha value is -0.900. The molecule has 1 amide bonds. The van der Waals surface area contributed by atoms with Crippen molar-refractivity contribution in [2.24, 2.45) is 10.5 Å². The van der Waals surface area contributed by atoms with Crippen molar-refractivity contribution < 1.29 is 4.79 Å². The molecule has 2 aliphatic heterocycles. The summed E-state index contributed by atoms with van der Waals surface area (Å²) in [6.45, 7) is 3.63. The van der Waals surface area contributed by atoms with E-state index in [4.69, 9.17) is 0 Å². The van der Waals surface area contributed by atoms with Crippen molar-refractivity contribution in [3.05, 3.63) is 0 Å². The molecule has 2 aliphatic rings. The van der Waals surface area contributed by atoms with E-state index in [1.165, 1.54) is 5.01 Å². The average molecular weight is 167 g/mol. The van der Waals surface area contributed by atoms with Crippen LogP contribution in [0, 0.1) is 5.41 Å². The molecular formula is C8H13N3O. The number of piperidine rings is 1. The number of hydrogen-bond donors (Lipinski definition) is 1. The summed E-state index contributed by atoms with van der Waals surface area (Å²) in [5.74, 6) is 0.115. The predicted molar refractivity (Wildman–Crippen MR) is 45.8 cm³/mol. The Morgan fingerprint density at radius 3 is 3.08 bits per heavy atom. The second-order valence-electron chi connectivity index (χ2n) is 3.63. The van der Waals surface area contributed by atoms with Crippen LogP contribution in [0.5, 0.6) is 0 Å². The Morgan fingerprint density at radius 1 is 1.67 bits per heavy atom. The van der Waals surface area contributed by atoms with E-state index in [-0.39, 0.29) is 11.3 Å². The van der Waals surface area contributed by atoms with Gasteiger partial charge in [0.25, 0.3) is 5.91 Å². The second-order valence-corrected chi connectivity index (χ2v) is 3.63. The van der Waals surface area contributed by atoms with E-state index in [0.717, 1.165) is 25.2 Å². The molecule has 1 saturated heterocycles. The molecule has 2 heterocycles. The quantitative estimate of drug-likeness (QED) is 0.543. The summed E-state index contributed by atoms with van der Waals surface area (Å²) in [7, 11) is 1.72. The van der Waals surface area contributed by atoms with Crippen LogP contribution in [0.2, 0.25) is 0 Å². The largest absolute Gasteiger partial charge is 0.315 e. The number of nitrogens with zero attached hydrogens (tertiary/aromatic N) is 2. The van der Waals surface area contributed by atoms with E-state index >= 15 is 0 Å². The molecule has 1 atom stereocenters. The number of hydrazone groups is 1. The van der Waals surface area contributed by atoms with Gasteiger partial charge in [0.05, 0.1) is 5.71 Å². The first-order valence-corrected chi connectivity index (χ1v) is 4.21. The standard InChI is InChI=1S/C8H13N3O/c1-8-5-9-4-3-6(8)10-11(2)7(8)12/h9H,3-5H2,1-2H3/t8-/m1/s1. The van der Waals surface area contributed by atoms with E-state index in [1.54, 1.807) is 7.05 Å². The van der Waals surface area contributed by atoms with Crippen LogP contribution < -0.4 is 5.32 Å². The fraction of sp³-hybridized carbons (Fsp3) is 0.750. The first-order valence-electron chi connectivity index (χ1n) is 4.21. The van der Waals surface area contributed by atoms with Gasteiger partial charge in [-0.15, -0.1) is 0 Å². The Bertz CT molecular complexity index is 261. The minimum Gasteiger partial charge on any atom is -0.315 e. The van der Waals surface area contributed by atoms with Crippen molar-refractivity contribution in [3.8, 4) is 0 Å². The smallest absolute Gasteiger partial charge is 0.255 e. The number of amides is 1. The third kappa shape index (κ3) is 0.813. The minimum absolute atomic E-state index is 0.115. The van der Waals surface area contributed by atoms with Gasteiger partial charge >= 0.3 is 0 Å². The van der Waals surface area contributed by atoms with Crippen molar-refractivity contribution in [1.82, 2.24) is 10.3 Å². The van der Waals surface area contributed by atoms with Crippen molar-refractivity contribution in [3.63, 3.8) is 0 Å². The minimum atomic E-state index is -0.354. The number of hydrogen-bond acceptors (Lipinski definition) is 3. The number of carbonyl (C=O) groups is 1. The zero-order valence-electron chi connectivity index (χ0n) is 7.42. The van der Waals surface area contributed by atoms with Crippen molar-refractivity contribution in [2.45, 2.75) is 13.3 Å². The first-order chi connectivity index (χ1) is 5.64. The van der Waals surface area contributed by atoms with Gasteiger partial charge in [-0.2, -0.15) is 5.10 Å². The topological polar surface area (TPSA) is 44.7 Å². The summed E-state index contributed by atoms with van der Waals surface area (Å²) in [5, 5.41) is 8.90. The van der Waals surface area contributed by atoms with Gasteiger partial charge in [-0.3, -0.25) is 4.79 Å². The molecule has 1 fully saturated rings. The Morgan fingerprint density at radius 2 is 2.42 bits per heavy atom. The summed E-state index contributed by atoms with van der Waals surface area (Å²) < 4.78 is 0. The van der Waals surface area contributed by atoms with Crippen LogP contribution in [0.15, 0.2) is 5.10 Å². The fourth-order valence-electron chi connectivity index (χ4n) is 1.87. The zero-order chi connectivity index (χ0) is 8.77. The summed E-state index contributed by atoms with van der Waals surface area (Å²) in [6, 6.07) is 0. The SMILES string of the molecule is CN1N=C2CCNC[C@@]2(C)C1=O. The molecule has 1 N–H and O–H groups in total. The first kappa shape index (κ1) is 7.73. The molecule has 0 spiro atoms. The molecule has 2 rings (SSSR count). The predicted octanol–water partition coefficient (Wildman–Crippen LogP) is -0.186. The maximum absolute atomic E-state index is 11.6. The van der Waals surface area contributed by atoms with Crippen molar-refractivity contribution >= 4 is 11.6 Å². The number of nitrogens with one attached hydrogen (secondary N) is 1. The molecule has 0 aromatic rings. The Balaban J connectivity index is 2.36. The van der Waals surface area contributed by atoms with Crippen LogP contribution in [0.4, 0.5) is 0 Å². The van der Waals surface area contributed by atoms with Crippen molar-refractivity contribution in [1.29, 1.82) is 0 Å². The lowest BCUT2D eigenvalue weighted by Crippen LogP contribution is -2.48. The molecule has 0 aromatic heterocycles. The lowest BCUT2D eigenvalue weighted by molar-refractivity contribution is -0.134. The molecule has 0 unspecified atom stereocenters. The van der Waals surface area contributed by atoms with Crippen LogP contribution in [-0.2, 0) is 4.79 Å². The van der Waals surface area contributed by atoms with Crippen LogP contribution in [0.25, 0.3) is 0 Å². The van der Waals surface area contributed by atoms with Crippen LogP contribution >= 0.6 is 0 Å². The molecule has 0 bridgehead atoms. The van der Waals surface area contributed by atoms with Gasteiger partial charge < -0.3 is 5.32 Å². The molecule has 4 nitrogen and oxygen atoms in total. The maximum Gasteiger partial charge on any atom is 0.255 e. The van der Waals surface area contributed by atoms with E-state index < -0.39 is 0 Å². The van der Waals surface area contributed by atoms with Crippen LogP contribution in [-0.4, -0.2) is 36.8 Å². The molecule has 12 heavy (non-hydrogen) atoms. The van der Waals surface area contributed by atoms with Gasteiger partial charge in [0.1, 0.15) is 5.41 Å². The van der Waals surface area contributed by atoms with Gasteiger partial charge in [0.2, 0.25) is 0 Å². The van der Waals surface area contributed by atoms with E-state index in [0.29, 0.717) is 0 Å². The highest BCUT2D eigenvalue weighted by Crippen LogP contribution is 2.30. The molecule has 66 valence electrons. The van der Waals surface area contributed by atoms with Gasteiger partial charge in [-0.25, -0.2) is 5.01 Å². The lowest BCUT2D eigenvalue weighted by atomic mass is 9.81. The molecular weight excluding hydrogens is 154 g/mol. The van der Waals surface area contributed by atoms with E-state index in [9.17, 15) is 4.79 Å². The highest BCUT2D eigenvalue weighted by atomic mass is 16.2. The highest BCUT2D eigenvalue weighted by Gasteiger charge is 2.46. The van der Waals surface area contributed by atoms with Gasteiger partial charge in [-0.1, -0.05) is 0 Å². The van der Waals surface area contributed by atoms with Crippen LogP contribution in [0.3, 0.4) is 0 Å². The Kier molecular flexibility index (Phi) is 1.48. The van der Waals surface area contributed by atoms with Crippen molar-refractivity contribution in [2.75, 3.05) is 20.1 Å². The van der Waals surface area contributed by atoms with Gasteiger partial charge in [0.15, 0.2) is 0 Å². The summed E-state index contributed by atoms with van der Waals surface area (Å²) in [5.41, 5.74) is 0.682. The van der Waals surface area contributed by atoms with Gasteiger partial charge in [-0.05, 0) is 6.92 Å². The van der Waals surface area contributed by atoms with E-state index in [1.807, 2.05) is 6.92 Å². The highest BCUT2D eigenvalue weighted by molar-refractivity contribution is 6.12. The molecule has 0 aromatic carbocycles. The lowest BCUT2D eigenvalue weighted by Gasteiger charge is -2.28.